The Morgan fingerprint density at radius 3 is 2.79 bits per heavy atom. The third-order valence-corrected chi connectivity index (χ3v) is 3.47. The third-order valence-electron chi connectivity index (χ3n) is 3.47. The number of fused-ring (bicyclic) bond motifs is 1. The average Bonchev–Trinajstić information content (AvgIpc) is 2.47. The van der Waals surface area contributed by atoms with Crippen LogP contribution in [-0.4, -0.2) is 15.1 Å². The van der Waals surface area contributed by atoms with E-state index in [1.54, 1.807) is 12.3 Å². The zero-order valence-corrected chi connectivity index (χ0v) is 10.8. The fourth-order valence-corrected chi connectivity index (χ4v) is 2.50. The van der Waals surface area contributed by atoms with Gasteiger partial charge in [-0.25, -0.2) is 9.97 Å². The van der Waals surface area contributed by atoms with E-state index >= 15 is 0 Å². The van der Waals surface area contributed by atoms with Crippen LogP contribution in [0.25, 0.3) is 0 Å². The van der Waals surface area contributed by atoms with Crippen molar-refractivity contribution in [2.24, 2.45) is 0 Å². The van der Waals surface area contributed by atoms with Crippen molar-refractivity contribution in [1.82, 2.24) is 9.97 Å². The molecule has 1 aliphatic carbocycles. The summed E-state index contributed by atoms with van der Waals surface area (Å²) in [6.07, 6.45) is 6.58. The van der Waals surface area contributed by atoms with E-state index in [0.717, 1.165) is 17.9 Å². The molecule has 0 atom stereocenters. The summed E-state index contributed by atoms with van der Waals surface area (Å²) in [6, 6.07) is 8.30. The number of nitrogens with one attached hydrogen (secondary N) is 1. The van der Waals surface area contributed by atoms with Gasteiger partial charge in [0, 0.05) is 11.9 Å². The number of aryl methyl sites for hydroxylation is 2. The predicted molar refractivity (Wildman–Crippen MR) is 74.3 cm³/mol. The van der Waals surface area contributed by atoms with Gasteiger partial charge in [0.25, 0.3) is 0 Å². The van der Waals surface area contributed by atoms with E-state index in [2.05, 4.69) is 33.5 Å². The van der Waals surface area contributed by atoms with Crippen molar-refractivity contribution >= 4 is 11.5 Å². The number of rotatable bonds is 3. The summed E-state index contributed by atoms with van der Waals surface area (Å²) in [6.45, 7) is -0.139. The highest BCUT2D eigenvalue weighted by atomic mass is 16.3. The van der Waals surface area contributed by atoms with Crippen LogP contribution in [0.4, 0.5) is 11.5 Å². The van der Waals surface area contributed by atoms with Crippen molar-refractivity contribution < 1.29 is 5.11 Å². The second-order valence-corrected chi connectivity index (χ2v) is 4.83. The van der Waals surface area contributed by atoms with Gasteiger partial charge in [0.15, 0.2) is 5.82 Å². The van der Waals surface area contributed by atoms with Crippen LogP contribution in [0, 0.1) is 0 Å². The molecule has 0 saturated heterocycles. The zero-order valence-electron chi connectivity index (χ0n) is 10.8. The summed E-state index contributed by atoms with van der Waals surface area (Å²) in [5.41, 5.74) is 3.95. The summed E-state index contributed by atoms with van der Waals surface area (Å²) in [7, 11) is 0. The first-order chi connectivity index (χ1) is 9.35. The SMILES string of the molecule is OCc1nccc(Nc2ccc3c(c2)CCCC3)n1. The molecule has 4 nitrogen and oxygen atoms in total. The van der Waals surface area contributed by atoms with Crippen LogP contribution >= 0.6 is 0 Å². The van der Waals surface area contributed by atoms with Crippen LogP contribution in [0.15, 0.2) is 30.5 Å². The first-order valence-electron chi connectivity index (χ1n) is 6.67. The van der Waals surface area contributed by atoms with Gasteiger partial charge in [-0.15, -0.1) is 0 Å². The molecule has 4 heteroatoms. The Bertz CT molecular complexity index is 583. The van der Waals surface area contributed by atoms with Crippen molar-refractivity contribution in [2.45, 2.75) is 32.3 Å². The van der Waals surface area contributed by atoms with Gasteiger partial charge in [-0.2, -0.15) is 0 Å². The Morgan fingerprint density at radius 2 is 1.95 bits per heavy atom. The molecule has 0 radical (unpaired) electrons. The number of hydrogen-bond donors (Lipinski definition) is 2. The van der Waals surface area contributed by atoms with E-state index in [1.165, 1.54) is 30.4 Å². The zero-order chi connectivity index (χ0) is 13.1. The lowest BCUT2D eigenvalue weighted by atomic mass is 9.91. The van der Waals surface area contributed by atoms with Crippen LogP contribution in [0.1, 0.15) is 29.8 Å². The van der Waals surface area contributed by atoms with Crippen LogP contribution in [0.3, 0.4) is 0 Å². The molecule has 19 heavy (non-hydrogen) atoms. The monoisotopic (exact) mass is 255 g/mol. The Kier molecular flexibility index (Phi) is 3.42. The maximum Gasteiger partial charge on any atom is 0.156 e. The molecular formula is C15H17N3O. The molecule has 0 saturated carbocycles. The Hall–Kier alpha value is -1.94. The smallest absolute Gasteiger partial charge is 0.156 e. The van der Waals surface area contributed by atoms with E-state index < -0.39 is 0 Å². The second-order valence-electron chi connectivity index (χ2n) is 4.83. The average molecular weight is 255 g/mol. The van der Waals surface area contributed by atoms with Crippen molar-refractivity contribution in [2.75, 3.05) is 5.32 Å². The van der Waals surface area contributed by atoms with Gasteiger partial charge in [0.1, 0.15) is 12.4 Å². The quantitative estimate of drug-likeness (QED) is 0.885. The predicted octanol–water partition coefficient (Wildman–Crippen LogP) is 2.59. The Labute approximate surface area is 112 Å². The highest BCUT2D eigenvalue weighted by Crippen LogP contribution is 2.25. The lowest BCUT2D eigenvalue weighted by Gasteiger charge is -2.17. The number of aromatic nitrogens is 2. The van der Waals surface area contributed by atoms with Gasteiger partial charge in [0.05, 0.1) is 0 Å². The largest absolute Gasteiger partial charge is 0.388 e. The van der Waals surface area contributed by atoms with E-state index in [9.17, 15) is 0 Å². The molecule has 0 spiro atoms. The molecule has 1 heterocycles. The van der Waals surface area contributed by atoms with Crippen molar-refractivity contribution in [3.05, 3.63) is 47.4 Å². The molecule has 2 aromatic rings. The highest BCUT2D eigenvalue weighted by molar-refractivity contribution is 5.58. The Balaban J connectivity index is 1.82. The minimum atomic E-state index is -0.139. The Morgan fingerprint density at radius 1 is 1.11 bits per heavy atom. The molecule has 2 N–H and O–H groups in total. The van der Waals surface area contributed by atoms with Crippen molar-refractivity contribution in [1.29, 1.82) is 0 Å². The summed E-state index contributed by atoms with van der Waals surface area (Å²) < 4.78 is 0. The van der Waals surface area contributed by atoms with Gasteiger partial charge < -0.3 is 10.4 Å². The van der Waals surface area contributed by atoms with Crippen LogP contribution in [-0.2, 0) is 19.4 Å². The molecule has 0 amide bonds. The van der Waals surface area contributed by atoms with Crippen molar-refractivity contribution in [3.8, 4) is 0 Å². The molecule has 3 rings (SSSR count). The van der Waals surface area contributed by atoms with Gasteiger partial charge in [-0.1, -0.05) is 6.07 Å². The second kappa shape index (κ2) is 5.36. The molecule has 98 valence electrons. The fraction of sp³-hybridized carbons (Fsp3) is 0.333. The van der Waals surface area contributed by atoms with Gasteiger partial charge in [-0.05, 0) is 55.0 Å². The molecule has 1 aromatic carbocycles. The number of anilines is 2. The number of nitrogens with zero attached hydrogens (tertiary/aromatic N) is 2. The number of aliphatic hydroxyl groups excluding tert-OH is 1. The van der Waals surface area contributed by atoms with Crippen LogP contribution in [0.5, 0.6) is 0 Å². The van der Waals surface area contributed by atoms with Crippen molar-refractivity contribution in [3.63, 3.8) is 0 Å². The first-order valence-corrected chi connectivity index (χ1v) is 6.67. The van der Waals surface area contributed by atoms with E-state index in [-0.39, 0.29) is 6.61 Å². The van der Waals surface area contributed by atoms with Gasteiger partial charge >= 0.3 is 0 Å². The fourth-order valence-electron chi connectivity index (χ4n) is 2.50. The number of hydrogen-bond acceptors (Lipinski definition) is 4. The summed E-state index contributed by atoms with van der Waals surface area (Å²) >= 11 is 0. The van der Waals surface area contributed by atoms with Gasteiger partial charge in [0.2, 0.25) is 0 Å². The van der Waals surface area contributed by atoms with Crippen LogP contribution in [0.2, 0.25) is 0 Å². The number of benzene rings is 1. The molecule has 0 aliphatic heterocycles. The summed E-state index contributed by atoms with van der Waals surface area (Å²) in [5.74, 6) is 1.15. The minimum Gasteiger partial charge on any atom is -0.388 e. The molecule has 0 fully saturated rings. The van der Waals surface area contributed by atoms with E-state index in [0.29, 0.717) is 5.82 Å². The molecular weight excluding hydrogens is 238 g/mol. The van der Waals surface area contributed by atoms with E-state index in [4.69, 9.17) is 5.11 Å². The third kappa shape index (κ3) is 2.74. The molecule has 1 aliphatic rings. The standard InChI is InChI=1S/C15H17N3O/c19-10-15-16-8-7-14(18-15)17-13-6-5-11-3-1-2-4-12(11)9-13/h5-9,19H,1-4,10H2,(H,16,17,18). The molecule has 0 unspecified atom stereocenters. The summed E-state index contributed by atoms with van der Waals surface area (Å²) in [5, 5.41) is 12.3. The first kappa shape index (κ1) is 12.1. The van der Waals surface area contributed by atoms with E-state index in [1.807, 2.05) is 0 Å². The molecule has 1 aromatic heterocycles. The lowest BCUT2D eigenvalue weighted by molar-refractivity contribution is 0.271. The topological polar surface area (TPSA) is 58.0 Å². The maximum atomic E-state index is 9.03. The lowest BCUT2D eigenvalue weighted by Crippen LogP contribution is -2.04. The highest BCUT2D eigenvalue weighted by Gasteiger charge is 2.09. The minimum absolute atomic E-state index is 0.139. The number of aliphatic hydroxyl groups is 1. The maximum absolute atomic E-state index is 9.03. The van der Waals surface area contributed by atoms with Gasteiger partial charge in [-0.3, -0.25) is 0 Å². The summed E-state index contributed by atoms with van der Waals surface area (Å²) in [4.78, 5) is 8.19. The van der Waals surface area contributed by atoms with Crippen LogP contribution < -0.4 is 5.32 Å². The molecule has 0 bridgehead atoms. The normalized spacial score (nSPS) is 13.9.